The number of sulfone groups is 1. The predicted octanol–water partition coefficient (Wildman–Crippen LogP) is 5.43. The van der Waals surface area contributed by atoms with Gasteiger partial charge in [0.1, 0.15) is 17.3 Å². The maximum absolute atomic E-state index is 15.2. The second-order valence-electron chi connectivity index (χ2n) is 9.48. The Balaban J connectivity index is 1.74. The zero-order valence-corrected chi connectivity index (χ0v) is 23.6. The van der Waals surface area contributed by atoms with Gasteiger partial charge in [0, 0.05) is 12.3 Å². The van der Waals surface area contributed by atoms with E-state index in [-0.39, 0.29) is 39.1 Å². The average molecular weight is 608 g/mol. The van der Waals surface area contributed by atoms with Gasteiger partial charge in [0.2, 0.25) is 0 Å². The second kappa shape index (κ2) is 11.4. The minimum Gasteiger partial charge on any atom is -0.497 e. The first-order chi connectivity index (χ1) is 19.6. The van der Waals surface area contributed by atoms with E-state index in [0.717, 1.165) is 19.4 Å². The fraction of sp³-hybridized carbons (Fsp3) is 0.250. The van der Waals surface area contributed by atoms with E-state index >= 15 is 4.39 Å². The molecule has 1 heterocycles. The Hall–Kier alpha value is -4.46. The number of allylic oxidation sites excluding steroid dienone is 3. The average Bonchev–Trinajstić information content (AvgIpc) is 3.39. The zero-order valence-electron chi connectivity index (χ0n) is 22.7. The van der Waals surface area contributed by atoms with Crippen LogP contribution >= 0.6 is 0 Å². The molecule has 2 aromatic carbocycles. The first kappa shape index (κ1) is 30.5. The monoisotopic (exact) mass is 607 g/mol. The number of nitrogens with one attached hydrogen (secondary N) is 1. The molecule has 1 aromatic heterocycles. The SMILES string of the molecule is COC(=O)c1cc(OC)ccc1-n1nc(C(F)(F)F)cc1C(=O)Nc1ccc(C2=CCC(C)C=C2S(C)(=O)=O)cc1F. The number of anilines is 1. The van der Waals surface area contributed by atoms with E-state index in [4.69, 9.17) is 9.47 Å². The lowest BCUT2D eigenvalue weighted by molar-refractivity contribution is -0.141. The quantitative estimate of drug-likeness (QED) is 0.281. The van der Waals surface area contributed by atoms with Crippen LogP contribution in [0.25, 0.3) is 11.3 Å². The molecule has 1 aliphatic rings. The summed E-state index contributed by atoms with van der Waals surface area (Å²) in [5, 5.41) is 5.73. The highest BCUT2D eigenvalue weighted by molar-refractivity contribution is 7.95. The predicted molar refractivity (Wildman–Crippen MR) is 145 cm³/mol. The van der Waals surface area contributed by atoms with Crippen LogP contribution in [-0.4, -0.2) is 50.6 Å². The van der Waals surface area contributed by atoms with Crippen molar-refractivity contribution in [1.29, 1.82) is 0 Å². The summed E-state index contributed by atoms with van der Waals surface area (Å²) >= 11 is 0. The molecule has 1 unspecified atom stereocenters. The van der Waals surface area contributed by atoms with E-state index in [1.165, 1.54) is 37.4 Å². The molecule has 1 atom stereocenters. The lowest BCUT2D eigenvalue weighted by Crippen LogP contribution is -2.19. The van der Waals surface area contributed by atoms with Crippen LogP contribution in [0.1, 0.15) is 45.4 Å². The Kier molecular flexibility index (Phi) is 8.30. The lowest BCUT2D eigenvalue weighted by Gasteiger charge is -2.19. The van der Waals surface area contributed by atoms with Gasteiger partial charge in [-0.2, -0.15) is 18.3 Å². The molecule has 0 saturated heterocycles. The van der Waals surface area contributed by atoms with Crippen LogP contribution in [0, 0.1) is 11.7 Å². The molecule has 42 heavy (non-hydrogen) atoms. The summed E-state index contributed by atoms with van der Waals surface area (Å²) in [5.74, 6) is -2.92. The van der Waals surface area contributed by atoms with Crippen LogP contribution in [0.2, 0.25) is 0 Å². The molecule has 1 aliphatic carbocycles. The minimum absolute atomic E-state index is 0.0428. The maximum atomic E-state index is 15.2. The fourth-order valence-corrected chi connectivity index (χ4v) is 5.42. The smallest absolute Gasteiger partial charge is 0.435 e. The first-order valence-corrected chi connectivity index (χ1v) is 14.2. The van der Waals surface area contributed by atoms with E-state index in [1.807, 2.05) is 6.92 Å². The van der Waals surface area contributed by atoms with E-state index in [1.54, 1.807) is 12.2 Å². The Morgan fingerprint density at radius 3 is 2.40 bits per heavy atom. The Morgan fingerprint density at radius 2 is 1.81 bits per heavy atom. The molecular formula is C28H25F4N3O6S. The third-order valence-corrected chi connectivity index (χ3v) is 7.55. The van der Waals surface area contributed by atoms with E-state index < -0.39 is 45.1 Å². The van der Waals surface area contributed by atoms with Crippen LogP contribution in [0.3, 0.4) is 0 Å². The Bertz CT molecular complexity index is 1740. The minimum atomic E-state index is -4.96. The molecule has 0 spiro atoms. The molecule has 14 heteroatoms. The Labute approximate surface area is 238 Å². The molecule has 222 valence electrons. The lowest BCUT2D eigenvalue weighted by atomic mass is 9.93. The van der Waals surface area contributed by atoms with Gasteiger partial charge in [-0.1, -0.05) is 25.1 Å². The standard InChI is InChI=1S/C28H25F4N3O6S/c1-15-5-8-18(24(11-15)42(4,38)39)16-6-9-21(20(29)12-16)33-26(36)23-14-25(28(30,31)32)34-35(23)22-10-7-17(40-2)13-19(22)27(37)41-3/h6-15H,5H2,1-4H3,(H,33,36). The number of esters is 1. The fourth-order valence-electron chi connectivity index (χ4n) is 4.34. The summed E-state index contributed by atoms with van der Waals surface area (Å²) in [6.45, 7) is 1.84. The number of carbonyl (C=O) groups is 2. The zero-order chi connectivity index (χ0) is 31.0. The van der Waals surface area contributed by atoms with Gasteiger partial charge in [0.05, 0.1) is 36.1 Å². The number of amides is 1. The summed E-state index contributed by atoms with van der Waals surface area (Å²) in [6.07, 6.45) is -0.124. The number of halogens is 4. The number of hydrogen-bond donors (Lipinski definition) is 1. The topological polar surface area (TPSA) is 117 Å². The number of benzene rings is 2. The molecule has 3 aromatic rings. The number of carbonyl (C=O) groups excluding carboxylic acids is 2. The molecule has 0 radical (unpaired) electrons. The van der Waals surface area contributed by atoms with Gasteiger partial charge in [0.15, 0.2) is 15.5 Å². The van der Waals surface area contributed by atoms with Crippen molar-refractivity contribution in [3.8, 4) is 11.4 Å². The summed E-state index contributed by atoms with van der Waals surface area (Å²) in [5.41, 5.74) is -2.42. The van der Waals surface area contributed by atoms with Gasteiger partial charge in [-0.25, -0.2) is 22.3 Å². The largest absolute Gasteiger partial charge is 0.497 e. The van der Waals surface area contributed by atoms with Crippen molar-refractivity contribution in [3.05, 3.63) is 87.9 Å². The highest BCUT2D eigenvalue weighted by Crippen LogP contribution is 2.35. The number of hydrogen-bond acceptors (Lipinski definition) is 7. The van der Waals surface area contributed by atoms with Gasteiger partial charge in [-0.15, -0.1) is 0 Å². The van der Waals surface area contributed by atoms with Crippen molar-refractivity contribution in [1.82, 2.24) is 9.78 Å². The first-order valence-electron chi connectivity index (χ1n) is 12.3. The van der Waals surface area contributed by atoms with Crippen LogP contribution in [0.5, 0.6) is 5.75 Å². The maximum Gasteiger partial charge on any atom is 0.435 e. The summed E-state index contributed by atoms with van der Waals surface area (Å²) in [6, 6.07) is 7.80. The van der Waals surface area contributed by atoms with Gasteiger partial charge in [0.25, 0.3) is 5.91 Å². The summed E-state index contributed by atoms with van der Waals surface area (Å²) in [4.78, 5) is 25.7. The third kappa shape index (κ3) is 6.22. The van der Waals surface area contributed by atoms with Crippen molar-refractivity contribution < 1.29 is 45.0 Å². The normalized spacial score (nSPS) is 15.5. The summed E-state index contributed by atoms with van der Waals surface area (Å²) < 4.78 is 91.1. The molecule has 4 rings (SSSR count). The molecular weight excluding hydrogens is 582 g/mol. The summed E-state index contributed by atoms with van der Waals surface area (Å²) in [7, 11) is -1.26. The van der Waals surface area contributed by atoms with Gasteiger partial charge in [-0.3, -0.25) is 4.79 Å². The van der Waals surface area contributed by atoms with Crippen LogP contribution in [0.4, 0.5) is 23.2 Å². The number of nitrogens with zero attached hydrogens (tertiary/aromatic N) is 2. The van der Waals surface area contributed by atoms with Crippen molar-refractivity contribution >= 4 is 33.0 Å². The Morgan fingerprint density at radius 1 is 1.10 bits per heavy atom. The molecule has 1 amide bonds. The molecule has 9 nitrogen and oxygen atoms in total. The van der Waals surface area contributed by atoms with Crippen LogP contribution in [0.15, 0.2) is 59.5 Å². The highest BCUT2D eigenvalue weighted by Gasteiger charge is 2.37. The van der Waals surface area contributed by atoms with E-state index in [9.17, 15) is 31.2 Å². The van der Waals surface area contributed by atoms with Gasteiger partial charge in [-0.05, 0) is 53.8 Å². The van der Waals surface area contributed by atoms with Crippen molar-refractivity contribution in [2.75, 3.05) is 25.8 Å². The van der Waals surface area contributed by atoms with Crippen molar-refractivity contribution in [2.24, 2.45) is 5.92 Å². The number of methoxy groups -OCH3 is 2. The molecule has 0 fully saturated rings. The third-order valence-electron chi connectivity index (χ3n) is 6.39. The van der Waals surface area contributed by atoms with Crippen molar-refractivity contribution in [3.63, 3.8) is 0 Å². The van der Waals surface area contributed by atoms with Crippen molar-refractivity contribution in [2.45, 2.75) is 19.5 Å². The van der Waals surface area contributed by atoms with Gasteiger partial charge < -0.3 is 14.8 Å². The van der Waals surface area contributed by atoms with Gasteiger partial charge >= 0.3 is 12.1 Å². The molecule has 1 N–H and O–H groups in total. The number of ether oxygens (including phenoxy) is 2. The number of aromatic nitrogens is 2. The van der Waals surface area contributed by atoms with E-state index in [0.29, 0.717) is 22.7 Å². The van der Waals surface area contributed by atoms with Crippen LogP contribution in [-0.2, 0) is 20.8 Å². The van der Waals surface area contributed by atoms with Crippen LogP contribution < -0.4 is 10.1 Å². The molecule has 0 saturated carbocycles. The molecule has 0 aliphatic heterocycles. The number of alkyl halides is 3. The molecule has 0 bridgehead atoms. The highest BCUT2D eigenvalue weighted by atomic mass is 32.2. The second-order valence-corrected chi connectivity index (χ2v) is 11.5. The number of rotatable bonds is 7. The van der Waals surface area contributed by atoms with E-state index in [2.05, 4.69) is 10.4 Å².